The number of aromatic nitrogens is 2. The van der Waals surface area contributed by atoms with Gasteiger partial charge in [-0.2, -0.15) is 0 Å². The molecule has 1 aliphatic heterocycles. The van der Waals surface area contributed by atoms with Crippen LogP contribution in [0.1, 0.15) is 17.8 Å². The van der Waals surface area contributed by atoms with E-state index < -0.39 is 0 Å². The van der Waals surface area contributed by atoms with Crippen LogP contribution in [-0.2, 0) is 6.54 Å². The van der Waals surface area contributed by atoms with Crippen molar-refractivity contribution in [1.82, 2.24) is 9.55 Å². The molecule has 0 spiro atoms. The highest BCUT2D eigenvalue weighted by Gasteiger charge is 2.20. The third-order valence-corrected chi connectivity index (χ3v) is 4.79. The molecule has 0 saturated carbocycles. The standard InChI is InChI=1S/C20H18ClN3O/c1-23(2)16-6-3-13(4-7-16)11-14-9-10-24-19(14)22-18-12-15(21)5-8-17(18)20(24)25/h3-8,11-12H,9-10H2,1-2H3. The van der Waals surface area contributed by atoms with Crippen molar-refractivity contribution in [1.29, 1.82) is 0 Å². The molecule has 5 heteroatoms. The summed E-state index contributed by atoms with van der Waals surface area (Å²) < 4.78 is 1.76. The number of halogens is 1. The van der Waals surface area contributed by atoms with Gasteiger partial charge in [-0.15, -0.1) is 0 Å². The van der Waals surface area contributed by atoms with Crippen molar-refractivity contribution < 1.29 is 0 Å². The van der Waals surface area contributed by atoms with Gasteiger partial charge in [-0.1, -0.05) is 23.7 Å². The molecule has 0 saturated heterocycles. The van der Waals surface area contributed by atoms with Crippen LogP contribution < -0.4 is 10.5 Å². The van der Waals surface area contributed by atoms with E-state index in [0.29, 0.717) is 22.5 Å². The Kier molecular flexibility index (Phi) is 3.85. The molecule has 0 N–H and O–H groups in total. The summed E-state index contributed by atoms with van der Waals surface area (Å²) in [4.78, 5) is 19.5. The topological polar surface area (TPSA) is 38.1 Å². The Morgan fingerprint density at radius 3 is 2.64 bits per heavy atom. The number of anilines is 1. The Labute approximate surface area is 151 Å². The van der Waals surface area contributed by atoms with Crippen molar-refractivity contribution in [2.75, 3.05) is 19.0 Å². The molecule has 0 fully saturated rings. The molecule has 4 rings (SSSR count). The second kappa shape index (κ2) is 6.05. The van der Waals surface area contributed by atoms with Gasteiger partial charge in [0, 0.05) is 31.4 Å². The van der Waals surface area contributed by atoms with E-state index in [2.05, 4.69) is 35.2 Å². The smallest absolute Gasteiger partial charge is 0.261 e. The number of fused-ring (bicyclic) bond motifs is 2. The maximum absolute atomic E-state index is 12.7. The Bertz CT molecular complexity index is 1050. The Morgan fingerprint density at radius 2 is 1.92 bits per heavy atom. The number of hydrogen-bond donors (Lipinski definition) is 0. The maximum Gasteiger partial charge on any atom is 0.261 e. The highest BCUT2D eigenvalue weighted by atomic mass is 35.5. The quantitative estimate of drug-likeness (QED) is 0.698. The highest BCUT2D eigenvalue weighted by molar-refractivity contribution is 6.31. The first kappa shape index (κ1) is 15.9. The molecule has 0 unspecified atom stereocenters. The summed E-state index contributed by atoms with van der Waals surface area (Å²) in [5.74, 6) is 0.747. The molecule has 0 aliphatic carbocycles. The van der Waals surface area contributed by atoms with Gasteiger partial charge in [-0.25, -0.2) is 4.98 Å². The summed E-state index contributed by atoms with van der Waals surface area (Å²) in [6.07, 6.45) is 2.92. The monoisotopic (exact) mass is 351 g/mol. The lowest BCUT2D eigenvalue weighted by Gasteiger charge is -2.12. The molecular formula is C20H18ClN3O. The minimum atomic E-state index is 0.00280. The van der Waals surface area contributed by atoms with E-state index in [0.717, 1.165) is 29.1 Å². The van der Waals surface area contributed by atoms with Crippen LogP contribution >= 0.6 is 11.6 Å². The van der Waals surface area contributed by atoms with E-state index >= 15 is 0 Å². The van der Waals surface area contributed by atoms with Crippen LogP contribution in [0.3, 0.4) is 0 Å². The van der Waals surface area contributed by atoms with E-state index in [4.69, 9.17) is 16.6 Å². The van der Waals surface area contributed by atoms with Gasteiger partial charge < -0.3 is 4.90 Å². The van der Waals surface area contributed by atoms with Gasteiger partial charge >= 0.3 is 0 Å². The first-order valence-corrected chi connectivity index (χ1v) is 8.59. The molecule has 2 aromatic carbocycles. The average Bonchev–Trinajstić information content (AvgIpc) is 2.98. The van der Waals surface area contributed by atoms with E-state index in [9.17, 15) is 4.79 Å². The molecule has 25 heavy (non-hydrogen) atoms. The largest absolute Gasteiger partial charge is 0.378 e. The highest BCUT2D eigenvalue weighted by Crippen LogP contribution is 2.28. The number of rotatable bonds is 2. The van der Waals surface area contributed by atoms with Gasteiger partial charge in [0.2, 0.25) is 0 Å². The van der Waals surface area contributed by atoms with Gasteiger partial charge in [-0.05, 0) is 54.0 Å². The van der Waals surface area contributed by atoms with Crippen molar-refractivity contribution in [3.63, 3.8) is 0 Å². The third kappa shape index (κ3) is 2.83. The van der Waals surface area contributed by atoms with Crippen molar-refractivity contribution in [3.05, 3.63) is 69.2 Å². The Morgan fingerprint density at radius 1 is 1.16 bits per heavy atom. The average molecular weight is 352 g/mol. The summed E-state index contributed by atoms with van der Waals surface area (Å²) >= 11 is 6.06. The SMILES string of the molecule is CN(C)c1ccc(C=C2CCn3c2nc2cc(Cl)ccc2c3=O)cc1. The zero-order chi connectivity index (χ0) is 17.6. The van der Waals surface area contributed by atoms with Crippen LogP contribution in [0.2, 0.25) is 5.02 Å². The molecule has 0 radical (unpaired) electrons. The normalized spacial score (nSPS) is 14.9. The number of benzene rings is 2. The van der Waals surface area contributed by atoms with E-state index in [1.54, 1.807) is 22.8 Å². The summed E-state index contributed by atoms with van der Waals surface area (Å²) in [7, 11) is 4.04. The predicted octanol–water partition coefficient (Wildman–Crippen LogP) is 4.06. The van der Waals surface area contributed by atoms with Gasteiger partial charge in [-0.3, -0.25) is 9.36 Å². The summed E-state index contributed by atoms with van der Waals surface area (Å²) in [5, 5.41) is 1.21. The molecule has 1 aliphatic rings. The lowest BCUT2D eigenvalue weighted by Crippen LogP contribution is -2.20. The molecule has 3 aromatic rings. The predicted molar refractivity (Wildman–Crippen MR) is 104 cm³/mol. The fourth-order valence-electron chi connectivity index (χ4n) is 3.20. The second-order valence-corrected chi connectivity index (χ2v) is 6.90. The van der Waals surface area contributed by atoms with Gasteiger partial charge in [0.05, 0.1) is 10.9 Å². The minimum Gasteiger partial charge on any atom is -0.378 e. The Hall–Kier alpha value is -2.59. The number of allylic oxidation sites excluding steroid dienone is 1. The molecule has 0 amide bonds. The van der Waals surface area contributed by atoms with Crippen LogP contribution in [0.5, 0.6) is 0 Å². The second-order valence-electron chi connectivity index (χ2n) is 6.46. The molecule has 4 nitrogen and oxygen atoms in total. The minimum absolute atomic E-state index is 0.00280. The lowest BCUT2D eigenvalue weighted by atomic mass is 10.1. The van der Waals surface area contributed by atoms with Crippen LogP contribution in [0.15, 0.2) is 47.3 Å². The maximum atomic E-state index is 12.7. The molecular weight excluding hydrogens is 334 g/mol. The third-order valence-electron chi connectivity index (χ3n) is 4.56. The molecule has 126 valence electrons. The molecule has 1 aromatic heterocycles. The number of nitrogens with zero attached hydrogens (tertiary/aromatic N) is 3. The zero-order valence-electron chi connectivity index (χ0n) is 14.2. The fraction of sp³-hybridized carbons (Fsp3) is 0.200. The number of hydrogen-bond acceptors (Lipinski definition) is 3. The zero-order valence-corrected chi connectivity index (χ0v) is 14.9. The Balaban J connectivity index is 1.81. The summed E-state index contributed by atoms with van der Waals surface area (Å²) in [6, 6.07) is 13.6. The van der Waals surface area contributed by atoms with Crippen molar-refractivity contribution >= 4 is 39.8 Å². The summed E-state index contributed by atoms with van der Waals surface area (Å²) in [5.41, 5.74) is 4.00. The van der Waals surface area contributed by atoms with Crippen molar-refractivity contribution in [2.24, 2.45) is 0 Å². The first-order valence-electron chi connectivity index (χ1n) is 8.21. The van der Waals surface area contributed by atoms with Crippen LogP contribution in [0, 0.1) is 0 Å². The van der Waals surface area contributed by atoms with Crippen molar-refractivity contribution in [3.8, 4) is 0 Å². The molecule has 2 heterocycles. The van der Waals surface area contributed by atoms with Crippen LogP contribution in [-0.4, -0.2) is 23.6 Å². The van der Waals surface area contributed by atoms with Gasteiger partial charge in [0.25, 0.3) is 5.56 Å². The molecule has 0 atom stereocenters. The first-order chi connectivity index (χ1) is 12.0. The molecule has 0 bridgehead atoms. The van der Waals surface area contributed by atoms with Gasteiger partial charge in [0.15, 0.2) is 0 Å². The van der Waals surface area contributed by atoms with E-state index in [1.807, 2.05) is 14.1 Å². The van der Waals surface area contributed by atoms with Gasteiger partial charge in [0.1, 0.15) is 5.82 Å². The van der Waals surface area contributed by atoms with Crippen LogP contribution in [0.4, 0.5) is 5.69 Å². The lowest BCUT2D eigenvalue weighted by molar-refractivity contribution is 0.725. The van der Waals surface area contributed by atoms with E-state index in [-0.39, 0.29) is 5.56 Å². The van der Waals surface area contributed by atoms with E-state index in [1.165, 1.54) is 0 Å². The fourth-order valence-corrected chi connectivity index (χ4v) is 3.36. The van der Waals surface area contributed by atoms with Crippen molar-refractivity contribution in [2.45, 2.75) is 13.0 Å². The van der Waals surface area contributed by atoms with Crippen LogP contribution in [0.25, 0.3) is 22.6 Å². The summed E-state index contributed by atoms with van der Waals surface area (Å²) in [6.45, 7) is 0.668.